The number of hydrogen-bond acceptors (Lipinski definition) is 6. The summed E-state index contributed by atoms with van der Waals surface area (Å²) in [6, 6.07) is 6.88. The molecule has 1 aromatic carbocycles. The second kappa shape index (κ2) is 10.4. The van der Waals surface area contributed by atoms with Gasteiger partial charge in [-0.2, -0.15) is 18.3 Å². The number of alkyl halides is 3. The Bertz CT molecular complexity index is 1490. The fourth-order valence-electron chi connectivity index (χ4n) is 4.62. The molecule has 8 nitrogen and oxygen atoms in total. The lowest BCUT2D eigenvalue weighted by atomic mass is 9.92. The lowest BCUT2D eigenvalue weighted by molar-refractivity contribution is -0.137. The van der Waals surface area contributed by atoms with Crippen LogP contribution in [0.4, 0.5) is 13.2 Å². The molecule has 3 aromatic heterocycles. The fraction of sp³-hybridized carbons (Fsp3) is 0.444. The number of aromatic nitrogens is 5. The van der Waals surface area contributed by atoms with Gasteiger partial charge < -0.3 is 14.5 Å². The van der Waals surface area contributed by atoms with Crippen molar-refractivity contribution in [1.82, 2.24) is 29.6 Å². The van der Waals surface area contributed by atoms with E-state index in [1.165, 1.54) is 18.2 Å². The molecule has 0 aliphatic carbocycles. The fourth-order valence-corrected chi connectivity index (χ4v) is 5.15. The van der Waals surface area contributed by atoms with Gasteiger partial charge in [0.15, 0.2) is 5.82 Å². The molecule has 0 bridgehead atoms. The van der Waals surface area contributed by atoms with Gasteiger partial charge in [-0.3, -0.25) is 9.58 Å². The van der Waals surface area contributed by atoms with Gasteiger partial charge in [0.2, 0.25) is 5.88 Å². The molecule has 12 heteroatoms. The monoisotopic (exact) mass is 562 g/mol. The zero-order valence-electron chi connectivity index (χ0n) is 22.2. The zero-order chi connectivity index (χ0) is 27.9. The Labute approximate surface area is 229 Å². The molecule has 1 fully saturated rings. The van der Waals surface area contributed by atoms with Crippen LogP contribution in [0.2, 0.25) is 5.02 Å². The van der Waals surface area contributed by atoms with E-state index in [1.807, 2.05) is 20.8 Å². The average Bonchev–Trinajstić information content (AvgIpc) is 3.43. The number of fused-ring (bicyclic) bond motifs is 1. The summed E-state index contributed by atoms with van der Waals surface area (Å²) in [5, 5.41) is 5.05. The van der Waals surface area contributed by atoms with Crippen molar-refractivity contribution >= 4 is 22.6 Å². The number of imidazole rings is 1. The SMILES string of the molecule is Cn1nc(C(C)(C)C)c(Cl)c1-c1nc2cc(-c3ccccc3C(F)(F)F)nc(OCCN3CCOCC3)c2[nH]1. The van der Waals surface area contributed by atoms with E-state index in [2.05, 4.69) is 20.0 Å². The minimum Gasteiger partial charge on any atom is -0.475 e. The lowest BCUT2D eigenvalue weighted by Crippen LogP contribution is -2.38. The van der Waals surface area contributed by atoms with Gasteiger partial charge in [0.1, 0.15) is 17.8 Å². The number of rotatable bonds is 6. The van der Waals surface area contributed by atoms with E-state index in [1.54, 1.807) is 17.8 Å². The molecule has 1 aliphatic rings. The summed E-state index contributed by atoms with van der Waals surface area (Å²) >= 11 is 6.75. The zero-order valence-corrected chi connectivity index (χ0v) is 22.9. The third-order valence-corrected chi connectivity index (χ3v) is 6.98. The Hall–Kier alpha value is -3.15. The van der Waals surface area contributed by atoms with Gasteiger partial charge >= 0.3 is 6.18 Å². The van der Waals surface area contributed by atoms with Crippen LogP contribution in [0.15, 0.2) is 30.3 Å². The van der Waals surface area contributed by atoms with Crippen molar-refractivity contribution < 1.29 is 22.6 Å². The smallest absolute Gasteiger partial charge is 0.417 e. The number of aryl methyl sites for hydroxylation is 1. The van der Waals surface area contributed by atoms with Crippen LogP contribution in [0.1, 0.15) is 32.0 Å². The van der Waals surface area contributed by atoms with Gasteiger partial charge in [-0.15, -0.1) is 0 Å². The van der Waals surface area contributed by atoms with Crippen LogP contribution in [-0.2, 0) is 23.4 Å². The molecule has 0 unspecified atom stereocenters. The van der Waals surface area contributed by atoms with Crippen molar-refractivity contribution in [2.24, 2.45) is 7.05 Å². The topological polar surface area (TPSA) is 81.1 Å². The summed E-state index contributed by atoms with van der Waals surface area (Å²) < 4.78 is 54.7. The van der Waals surface area contributed by atoms with Gasteiger partial charge in [-0.25, -0.2) is 9.97 Å². The summed E-state index contributed by atoms with van der Waals surface area (Å²) in [6.07, 6.45) is -4.55. The van der Waals surface area contributed by atoms with Crippen molar-refractivity contribution in [2.75, 3.05) is 39.5 Å². The molecule has 1 saturated heterocycles. The molecule has 0 radical (unpaired) electrons. The maximum Gasteiger partial charge on any atom is 0.417 e. The number of ether oxygens (including phenoxy) is 2. The second-order valence-corrected chi connectivity index (χ2v) is 10.9. The van der Waals surface area contributed by atoms with Crippen LogP contribution in [0.3, 0.4) is 0 Å². The van der Waals surface area contributed by atoms with Crippen LogP contribution < -0.4 is 4.74 Å². The van der Waals surface area contributed by atoms with Gasteiger partial charge in [0, 0.05) is 37.7 Å². The van der Waals surface area contributed by atoms with E-state index in [-0.39, 0.29) is 22.6 Å². The molecule has 5 rings (SSSR count). The highest BCUT2D eigenvalue weighted by atomic mass is 35.5. The Balaban J connectivity index is 1.60. The third-order valence-electron chi connectivity index (χ3n) is 6.62. The first kappa shape index (κ1) is 27.4. The first-order chi connectivity index (χ1) is 18.4. The normalized spacial score (nSPS) is 15.3. The predicted molar refractivity (Wildman–Crippen MR) is 143 cm³/mol. The maximum atomic E-state index is 13.8. The van der Waals surface area contributed by atoms with Crippen molar-refractivity contribution in [3.8, 4) is 28.7 Å². The summed E-state index contributed by atoms with van der Waals surface area (Å²) in [6.45, 7) is 9.83. The van der Waals surface area contributed by atoms with E-state index in [9.17, 15) is 13.2 Å². The number of aromatic amines is 1. The summed E-state index contributed by atoms with van der Waals surface area (Å²) in [5.74, 6) is 0.586. The molecule has 1 aliphatic heterocycles. The number of nitrogens with zero attached hydrogens (tertiary/aromatic N) is 5. The lowest BCUT2D eigenvalue weighted by Gasteiger charge is -2.26. The molecular formula is C27H30ClF3N6O2. The van der Waals surface area contributed by atoms with E-state index in [0.717, 1.165) is 19.2 Å². The largest absolute Gasteiger partial charge is 0.475 e. The molecule has 208 valence electrons. The van der Waals surface area contributed by atoms with Crippen molar-refractivity contribution in [1.29, 1.82) is 0 Å². The number of benzene rings is 1. The van der Waals surface area contributed by atoms with Gasteiger partial charge in [0.25, 0.3) is 0 Å². The van der Waals surface area contributed by atoms with Gasteiger partial charge in [-0.05, 0) is 12.1 Å². The molecule has 0 atom stereocenters. The van der Waals surface area contributed by atoms with Crippen LogP contribution in [-0.4, -0.2) is 69.1 Å². The predicted octanol–water partition coefficient (Wildman–Crippen LogP) is 5.71. The Morgan fingerprint density at radius 3 is 2.49 bits per heavy atom. The highest BCUT2D eigenvalue weighted by Gasteiger charge is 2.34. The molecule has 4 aromatic rings. The van der Waals surface area contributed by atoms with Crippen molar-refractivity contribution in [3.05, 3.63) is 46.6 Å². The average molecular weight is 563 g/mol. The van der Waals surface area contributed by atoms with E-state index in [4.69, 9.17) is 26.1 Å². The number of H-pyrrole nitrogens is 1. The minimum atomic E-state index is -4.55. The molecule has 4 heterocycles. The van der Waals surface area contributed by atoms with E-state index in [0.29, 0.717) is 59.6 Å². The number of halogens is 4. The standard InChI is InChI=1S/C27H30ClF3N6O2/c1-26(2,3)23-20(28)22(36(4)35-23)24-32-19-15-18(16-7-5-6-8-17(16)27(29,30)31)33-25(21(19)34-24)39-14-11-37-9-12-38-13-10-37/h5-8,15H,9-14H2,1-4H3,(H,32,34). The number of nitrogens with one attached hydrogen (secondary N) is 1. The molecule has 0 saturated carbocycles. The summed E-state index contributed by atoms with van der Waals surface area (Å²) in [5.41, 5.74) is 1.12. The van der Waals surface area contributed by atoms with E-state index < -0.39 is 11.7 Å². The Morgan fingerprint density at radius 2 is 1.82 bits per heavy atom. The van der Waals surface area contributed by atoms with Crippen LogP contribution >= 0.6 is 11.6 Å². The molecule has 0 amide bonds. The number of pyridine rings is 1. The maximum absolute atomic E-state index is 13.8. The highest BCUT2D eigenvalue weighted by molar-refractivity contribution is 6.33. The van der Waals surface area contributed by atoms with E-state index >= 15 is 0 Å². The molecule has 1 N–H and O–H groups in total. The summed E-state index contributed by atoms with van der Waals surface area (Å²) in [7, 11) is 1.77. The number of hydrogen-bond donors (Lipinski definition) is 1. The third kappa shape index (κ3) is 5.61. The molecule has 0 spiro atoms. The van der Waals surface area contributed by atoms with Crippen molar-refractivity contribution in [2.45, 2.75) is 32.4 Å². The van der Waals surface area contributed by atoms with Crippen LogP contribution in [0.25, 0.3) is 33.8 Å². The first-order valence-electron chi connectivity index (χ1n) is 12.7. The van der Waals surface area contributed by atoms with Gasteiger partial charge in [-0.1, -0.05) is 50.6 Å². The quantitative estimate of drug-likeness (QED) is 0.324. The molecular weight excluding hydrogens is 533 g/mol. The van der Waals surface area contributed by atoms with Crippen molar-refractivity contribution in [3.63, 3.8) is 0 Å². The summed E-state index contributed by atoms with van der Waals surface area (Å²) in [4.78, 5) is 14.7. The van der Waals surface area contributed by atoms with Crippen LogP contribution in [0, 0.1) is 0 Å². The van der Waals surface area contributed by atoms with Crippen LogP contribution in [0.5, 0.6) is 5.88 Å². The minimum absolute atomic E-state index is 0.0527. The Morgan fingerprint density at radius 1 is 1.10 bits per heavy atom. The second-order valence-electron chi connectivity index (χ2n) is 10.5. The Kier molecular flexibility index (Phi) is 7.34. The molecule has 39 heavy (non-hydrogen) atoms. The highest BCUT2D eigenvalue weighted by Crippen LogP contribution is 2.40. The van der Waals surface area contributed by atoms with Gasteiger partial charge in [0.05, 0.1) is 40.7 Å². The first-order valence-corrected chi connectivity index (χ1v) is 13.0. The number of morpholine rings is 1.